The molecule has 0 atom stereocenters. The molecule has 1 aromatic carbocycles. The number of hydrogen-bond donors (Lipinski definition) is 0. The van der Waals surface area contributed by atoms with Gasteiger partial charge in [-0.3, -0.25) is 10.1 Å². The molecule has 16 heavy (non-hydrogen) atoms. The first-order chi connectivity index (χ1) is 7.70. The summed E-state index contributed by atoms with van der Waals surface area (Å²) >= 11 is 1.14. The van der Waals surface area contributed by atoms with Crippen LogP contribution in [0.1, 0.15) is 0 Å². The lowest BCUT2D eigenvalue weighted by atomic mass is 10.2. The molecule has 2 rings (SSSR count). The van der Waals surface area contributed by atoms with Crippen molar-refractivity contribution in [2.45, 2.75) is 0 Å². The Bertz CT molecular complexity index is 509. The second-order valence-electron chi connectivity index (χ2n) is 2.89. The molecule has 1 heterocycles. The third-order valence-corrected chi connectivity index (χ3v) is 2.60. The molecule has 0 aliphatic rings. The summed E-state index contributed by atoms with van der Waals surface area (Å²) in [7, 11) is 1.51. The SMILES string of the molecule is COc1nc(-c2ccc([N+](=O)[O-])cc2)ns1. The fourth-order valence-electron chi connectivity index (χ4n) is 1.14. The summed E-state index contributed by atoms with van der Waals surface area (Å²) in [5.41, 5.74) is 0.774. The van der Waals surface area contributed by atoms with E-state index < -0.39 is 4.92 Å². The van der Waals surface area contributed by atoms with E-state index in [-0.39, 0.29) is 5.69 Å². The fraction of sp³-hybridized carbons (Fsp3) is 0.111. The molecule has 0 spiro atoms. The van der Waals surface area contributed by atoms with Gasteiger partial charge in [-0.2, -0.15) is 9.36 Å². The van der Waals surface area contributed by atoms with Crippen LogP contribution < -0.4 is 4.74 Å². The van der Waals surface area contributed by atoms with Gasteiger partial charge in [0.15, 0.2) is 5.82 Å². The highest BCUT2D eigenvalue weighted by Gasteiger charge is 2.09. The Morgan fingerprint density at radius 2 is 2.06 bits per heavy atom. The monoisotopic (exact) mass is 237 g/mol. The Morgan fingerprint density at radius 1 is 1.38 bits per heavy atom. The topological polar surface area (TPSA) is 78.2 Å². The van der Waals surface area contributed by atoms with Crippen molar-refractivity contribution < 1.29 is 9.66 Å². The number of nitro benzene ring substituents is 1. The minimum Gasteiger partial charge on any atom is -0.472 e. The van der Waals surface area contributed by atoms with Crippen LogP contribution in [-0.2, 0) is 0 Å². The highest BCUT2D eigenvalue weighted by atomic mass is 32.1. The molecule has 0 unspecified atom stereocenters. The van der Waals surface area contributed by atoms with Gasteiger partial charge in [0.25, 0.3) is 10.9 Å². The van der Waals surface area contributed by atoms with Crippen molar-refractivity contribution >= 4 is 17.2 Å². The first kappa shape index (κ1) is 10.5. The zero-order chi connectivity index (χ0) is 11.5. The Kier molecular flexibility index (Phi) is 2.78. The molecule has 0 saturated carbocycles. The Morgan fingerprint density at radius 3 is 2.56 bits per heavy atom. The van der Waals surface area contributed by atoms with Gasteiger partial charge in [-0.25, -0.2) is 0 Å². The van der Waals surface area contributed by atoms with Gasteiger partial charge in [-0.05, 0) is 12.1 Å². The van der Waals surface area contributed by atoms with Gasteiger partial charge in [-0.1, -0.05) is 0 Å². The molecule has 0 N–H and O–H groups in total. The average molecular weight is 237 g/mol. The molecular formula is C9H7N3O3S. The van der Waals surface area contributed by atoms with Crippen molar-refractivity contribution in [3.8, 4) is 16.6 Å². The van der Waals surface area contributed by atoms with Crippen LogP contribution in [0, 0.1) is 10.1 Å². The highest BCUT2D eigenvalue weighted by Crippen LogP contribution is 2.23. The smallest absolute Gasteiger partial charge is 0.293 e. The number of ether oxygens (including phenoxy) is 1. The summed E-state index contributed by atoms with van der Waals surface area (Å²) in [5.74, 6) is 0.511. The molecular weight excluding hydrogens is 230 g/mol. The van der Waals surface area contributed by atoms with E-state index in [0.29, 0.717) is 11.0 Å². The Hall–Kier alpha value is -2.02. The lowest BCUT2D eigenvalue weighted by Crippen LogP contribution is -1.88. The normalized spacial score (nSPS) is 10.1. The number of benzene rings is 1. The predicted molar refractivity (Wildman–Crippen MR) is 58.6 cm³/mol. The van der Waals surface area contributed by atoms with Crippen molar-refractivity contribution in [3.05, 3.63) is 34.4 Å². The first-order valence-corrected chi connectivity index (χ1v) is 5.10. The van der Waals surface area contributed by atoms with E-state index >= 15 is 0 Å². The van der Waals surface area contributed by atoms with Crippen LogP contribution in [0.5, 0.6) is 5.19 Å². The fourth-order valence-corrected chi connectivity index (χ4v) is 1.65. The molecule has 0 saturated heterocycles. The van der Waals surface area contributed by atoms with Gasteiger partial charge in [0.2, 0.25) is 0 Å². The molecule has 82 valence electrons. The number of hydrogen-bond acceptors (Lipinski definition) is 6. The van der Waals surface area contributed by atoms with Crippen LogP contribution in [0.15, 0.2) is 24.3 Å². The number of methoxy groups -OCH3 is 1. The third kappa shape index (κ3) is 1.98. The van der Waals surface area contributed by atoms with E-state index in [4.69, 9.17) is 4.74 Å². The summed E-state index contributed by atoms with van der Waals surface area (Å²) < 4.78 is 8.98. The molecule has 0 aliphatic heterocycles. The second-order valence-corrected chi connectivity index (χ2v) is 3.61. The van der Waals surface area contributed by atoms with Crippen LogP contribution in [0.25, 0.3) is 11.4 Å². The molecule has 7 heteroatoms. The number of nitro groups is 1. The number of aromatic nitrogens is 2. The van der Waals surface area contributed by atoms with Crippen molar-refractivity contribution in [2.24, 2.45) is 0 Å². The zero-order valence-electron chi connectivity index (χ0n) is 8.28. The highest BCUT2D eigenvalue weighted by molar-refractivity contribution is 7.07. The molecule has 1 aromatic heterocycles. The Labute approximate surface area is 94.8 Å². The number of non-ortho nitro benzene ring substituents is 1. The largest absolute Gasteiger partial charge is 0.472 e. The van der Waals surface area contributed by atoms with Crippen molar-refractivity contribution in [1.82, 2.24) is 9.36 Å². The van der Waals surface area contributed by atoms with Crippen LogP contribution in [0.3, 0.4) is 0 Å². The van der Waals surface area contributed by atoms with Crippen LogP contribution in [0.4, 0.5) is 5.69 Å². The molecule has 0 amide bonds. The van der Waals surface area contributed by atoms with Crippen LogP contribution in [-0.4, -0.2) is 21.4 Å². The molecule has 0 fully saturated rings. The maximum atomic E-state index is 10.5. The summed E-state index contributed by atoms with van der Waals surface area (Å²) in [4.78, 5) is 14.1. The standard InChI is InChI=1S/C9H7N3O3S/c1-15-9-10-8(11-16-9)6-2-4-7(5-3-6)12(13)14/h2-5H,1H3. The number of rotatable bonds is 3. The summed E-state index contributed by atoms with van der Waals surface area (Å²) in [5, 5.41) is 10.9. The maximum Gasteiger partial charge on any atom is 0.293 e. The van der Waals surface area contributed by atoms with E-state index in [1.54, 1.807) is 12.1 Å². The van der Waals surface area contributed by atoms with Gasteiger partial charge >= 0.3 is 0 Å². The van der Waals surface area contributed by atoms with Crippen molar-refractivity contribution in [1.29, 1.82) is 0 Å². The quantitative estimate of drug-likeness (QED) is 0.603. The van der Waals surface area contributed by atoms with Gasteiger partial charge in [0, 0.05) is 29.2 Å². The lowest BCUT2D eigenvalue weighted by Gasteiger charge is -1.94. The Balaban J connectivity index is 2.30. The van der Waals surface area contributed by atoms with E-state index in [9.17, 15) is 10.1 Å². The second kappa shape index (κ2) is 4.23. The molecule has 6 nitrogen and oxygen atoms in total. The zero-order valence-corrected chi connectivity index (χ0v) is 9.10. The minimum atomic E-state index is -0.446. The van der Waals surface area contributed by atoms with E-state index in [1.807, 2.05) is 0 Å². The van der Waals surface area contributed by atoms with Crippen molar-refractivity contribution in [2.75, 3.05) is 7.11 Å². The predicted octanol–water partition coefficient (Wildman–Crippen LogP) is 2.12. The van der Waals surface area contributed by atoms with Gasteiger partial charge in [-0.15, -0.1) is 0 Å². The minimum absolute atomic E-state index is 0.0472. The molecule has 0 aliphatic carbocycles. The molecule has 2 aromatic rings. The molecule has 0 bridgehead atoms. The number of nitrogens with zero attached hydrogens (tertiary/aromatic N) is 3. The van der Waals surface area contributed by atoms with Crippen LogP contribution in [0.2, 0.25) is 0 Å². The van der Waals surface area contributed by atoms with Gasteiger partial charge in [0.1, 0.15) is 0 Å². The third-order valence-electron chi connectivity index (χ3n) is 1.92. The van der Waals surface area contributed by atoms with Gasteiger partial charge in [0.05, 0.1) is 12.0 Å². The first-order valence-electron chi connectivity index (χ1n) is 4.33. The van der Waals surface area contributed by atoms with E-state index in [1.165, 1.54) is 19.2 Å². The average Bonchev–Trinajstić information content (AvgIpc) is 2.77. The maximum absolute atomic E-state index is 10.5. The van der Waals surface area contributed by atoms with Gasteiger partial charge < -0.3 is 4.74 Å². The summed E-state index contributed by atoms with van der Waals surface area (Å²) in [6.07, 6.45) is 0. The molecule has 0 radical (unpaired) electrons. The van der Waals surface area contributed by atoms with Crippen LogP contribution >= 0.6 is 11.5 Å². The van der Waals surface area contributed by atoms with E-state index in [0.717, 1.165) is 17.1 Å². The lowest BCUT2D eigenvalue weighted by molar-refractivity contribution is -0.384. The summed E-state index contributed by atoms with van der Waals surface area (Å²) in [6.45, 7) is 0. The van der Waals surface area contributed by atoms with E-state index in [2.05, 4.69) is 9.36 Å². The van der Waals surface area contributed by atoms with Crippen molar-refractivity contribution in [3.63, 3.8) is 0 Å². The summed E-state index contributed by atoms with van der Waals surface area (Å²) in [6, 6.07) is 6.06.